The van der Waals surface area contributed by atoms with Crippen molar-refractivity contribution in [2.45, 2.75) is 103 Å². The van der Waals surface area contributed by atoms with Gasteiger partial charge in [-0.2, -0.15) is 0 Å². The molecule has 4 heteroatoms. The van der Waals surface area contributed by atoms with E-state index in [1.54, 1.807) is 4.90 Å². The molecule has 0 unspecified atom stereocenters. The number of quaternary nitrogens is 1. The average Bonchev–Trinajstić information content (AvgIpc) is 3.10. The van der Waals surface area contributed by atoms with Crippen molar-refractivity contribution in [3.05, 3.63) is 0 Å². The first-order valence-corrected chi connectivity index (χ1v) is 13.4. The minimum Gasteiger partial charge on any atom is -0.462 e. The molecule has 0 aromatic heterocycles. The molecule has 5 fully saturated rings. The Bertz CT molecular complexity index is 701. The zero-order valence-corrected chi connectivity index (χ0v) is 19.9. The summed E-state index contributed by atoms with van der Waals surface area (Å²) in [5, 5.41) is 0. The Kier molecular flexibility index (Phi) is 5.99. The van der Waals surface area contributed by atoms with Crippen molar-refractivity contribution >= 4 is 11.8 Å². The molecular formula is C27H44NO3+. The zero-order chi connectivity index (χ0) is 21.6. The molecule has 5 aliphatic rings. The highest BCUT2D eigenvalue weighted by Crippen LogP contribution is 2.66. The van der Waals surface area contributed by atoms with Crippen molar-refractivity contribution in [1.29, 1.82) is 0 Å². The first-order chi connectivity index (χ1) is 14.9. The van der Waals surface area contributed by atoms with Crippen LogP contribution in [-0.4, -0.2) is 37.5 Å². The van der Waals surface area contributed by atoms with Crippen LogP contribution in [0.1, 0.15) is 97.3 Å². The summed E-state index contributed by atoms with van der Waals surface area (Å²) in [6.45, 7) is 8.36. The molecule has 5 rings (SSSR count). The Labute approximate surface area is 188 Å². The van der Waals surface area contributed by atoms with E-state index in [9.17, 15) is 9.59 Å². The quantitative estimate of drug-likeness (QED) is 0.687. The van der Waals surface area contributed by atoms with Crippen molar-refractivity contribution in [2.75, 3.05) is 19.6 Å². The monoisotopic (exact) mass is 430 g/mol. The first kappa shape index (κ1) is 21.9. The minimum atomic E-state index is 0.0496. The number of likely N-dealkylation sites (tertiary alicyclic amines) is 1. The number of carbonyl (C=O) groups excluding carboxylic acids is 2. The Hall–Kier alpha value is -0.900. The van der Waals surface area contributed by atoms with Gasteiger partial charge >= 0.3 is 5.97 Å². The number of esters is 1. The van der Waals surface area contributed by atoms with Gasteiger partial charge in [-0.3, -0.25) is 9.59 Å². The number of piperidine rings is 1. The molecular weight excluding hydrogens is 386 g/mol. The maximum absolute atomic E-state index is 12.7. The summed E-state index contributed by atoms with van der Waals surface area (Å²) >= 11 is 0. The van der Waals surface area contributed by atoms with E-state index in [0.717, 1.165) is 44.1 Å². The molecule has 0 radical (unpaired) electrons. The van der Waals surface area contributed by atoms with Crippen LogP contribution < -0.4 is 4.90 Å². The molecule has 0 aromatic carbocycles. The number of fused-ring (bicyclic) bond motifs is 5. The highest BCUT2D eigenvalue weighted by molar-refractivity contribution is 5.79. The highest BCUT2D eigenvalue weighted by Gasteiger charge is 2.61. The Morgan fingerprint density at radius 1 is 0.968 bits per heavy atom. The summed E-state index contributed by atoms with van der Waals surface area (Å²) in [7, 11) is 0. The van der Waals surface area contributed by atoms with Crippen LogP contribution in [0.2, 0.25) is 0 Å². The third kappa shape index (κ3) is 3.89. The Morgan fingerprint density at radius 3 is 2.55 bits per heavy atom. The first-order valence-electron chi connectivity index (χ1n) is 13.4. The summed E-state index contributed by atoms with van der Waals surface area (Å²) in [6.07, 6.45) is 14.7. The molecule has 1 saturated heterocycles. The maximum Gasteiger partial charge on any atom is 0.311 e. The summed E-state index contributed by atoms with van der Waals surface area (Å²) in [5.41, 5.74) is 0.534. The predicted octanol–water partition coefficient (Wildman–Crippen LogP) is 3.97. The van der Waals surface area contributed by atoms with E-state index in [4.69, 9.17) is 4.74 Å². The molecule has 0 bridgehead atoms. The van der Waals surface area contributed by atoms with Crippen LogP contribution >= 0.6 is 0 Å². The van der Waals surface area contributed by atoms with Gasteiger partial charge in [0.05, 0.1) is 26.1 Å². The molecule has 0 aromatic rings. The second kappa shape index (κ2) is 8.47. The second-order valence-corrected chi connectivity index (χ2v) is 12.3. The van der Waals surface area contributed by atoms with E-state index in [-0.39, 0.29) is 17.5 Å². The van der Waals surface area contributed by atoms with E-state index in [2.05, 4.69) is 13.8 Å². The van der Waals surface area contributed by atoms with Crippen molar-refractivity contribution in [1.82, 2.24) is 0 Å². The average molecular weight is 431 g/mol. The number of carbonyl (C=O) groups is 2. The van der Waals surface area contributed by atoms with Gasteiger partial charge in [0.2, 0.25) is 0 Å². The predicted molar refractivity (Wildman–Crippen MR) is 121 cm³/mol. The Morgan fingerprint density at radius 2 is 1.74 bits per heavy atom. The van der Waals surface area contributed by atoms with Crippen LogP contribution in [0.25, 0.3) is 0 Å². The smallest absolute Gasteiger partial charge is 0.311 e. The van der Waals surface area contributed by atoms with Gasteiger partial charge in [-0.1, -0.05) is 13.8 Å². The molecule has 31 heavy (non-hydrogen) atoms. The van der Waals surface area contributed by atoms with Gasteiger partial charge in [0.25, 0.3) is 0 Å². The third-order valence-electron chi connectivity index (χ3n) is 10.9. The Balaban J connectivity index is 1.22. The fourth-order valence-corrected chi connectivity index (χ4v) is 8.99. The molecule has 4 aliphatic carbocycles. The van der Waals surface area contributed by atoms with Crippen LogP contribution in [0.3, 0.4) is 0 Å². The lowest BCUT2D eigenvalue weighted by Crippen LogP contribution is -3.12. The lowest BCUT2D eigenvalue weighted by molar-refractivity contribution is -0.904. The molecule has 1 aliphatic heterocycles. The number of hydrogen-bond donors (Lipinski definition) is 1. The largest absolute Gasteiger partial charge is 0.462 e. The summed E-state index contributed by atoms with van der Waals surface area (Å²) in [6, 6.07) is 0. The topological polar surface area (TPSA) is 47.8 Å². The number of rotatable bonds is 4. The third-order valence-corrected chi connectivity index (χ3v) is 10.9. The minimum absolute atomic E-state index is 0.0496. The fourth-order valence-electron chi connectivity index (χ4n) is 8.99. The van der Waals surface area contributed by atoms with Gasteiger partial charge in [-0.05, 0) is 93.3 Å². The van der Waals surface area contributed by atoms with Crippen LogP contribution in [0.15, 0.2) is 0 Å². The SMILES string of the molecule is C[C@]12CCC(=O)C[C@@H]1CC[C@@H]1[C@@H]2CC[C@]2(C)[C@@H](OC(=O)CC[NH+]3CCCCC3)CC[C@@H]12. The van der Waals surface area contributed by atoms with Gasteiger partial charge < -0.3 is 9.64 Å². The molecule has 1 N–H and O–H groups in total. The summed E-state index contributed by atoms with van der Waals surface area (Å²) in [4.78, 5) is 26.4. The number of ether oxygens (including phenoxy) is 1. The second-order valence-electron chi connectivity index (χ2n) is 12.3. The molecule has 0 amide bonds. The molecule has 4 nitrogen and oxygen atoms in total. The maximum atomic E-state index is 12.7. The van der Waals surface area contributed by atoms with Crippen molar-refractivity contribution in [3.8, 4) is 0 Å². The van der Waals surface area contributed by atoms with E-state index in [0.29, 0.717) is 29.5 Å². The molecule has 4 saturated carbocycles. The van der Waals surface area contributed by atoms with Crippen LogP contribution in [-0.2, 0) is 14.3 Å². The highest BCUT2D eigenvalue weighted by atomic mass is 16.5. The van der Waals surface area contributed by atoms with Crippen LogP contribution in [0.5, 0.6) is 0 Å². The van der Waals surface area contributed by atoms with Crippen LogP contribution in [0.4, 0.5) is 0 Å². The van der Waals surface area contributed by atoms with E-state index < -0.39 is 0 Å². The van der Waals surface area contributed by atoms with E-state index in [1.807, 2.05) is 0 Å². The lowest BCUT2D eigenvalue weighted by atomic mass is 9.45. The van der Waals surface area contributed by atoms with Gasteiger partial charge in [-0.25, -0.2) is 0 Å². The van der Waals surface area contributed by atoms with Gasteiger partial charge in [-0.15, -0.1) is 0 Å². The number of nitrogens with one attached hydrogen (secondary N) is 1. The van der Waals surface area contributed by atoms with E-state index >= 15 is 0 Å². The number of Topliss-reactive ketones (excluding diaryl/α,β-unsaturated/α-hetero) is 1. The van der Waals surface area contributed by atoms with Crippen molar-refractivity contribution in [3.63, 3.8) is 0 Å². The standard InChI is InChI=1S/C27H43NO3/c1-26-13-10-20(29)18-19(26)6-7-21-22-8-9-24(27(22,2)14-11-23(21)26)31-25(30)12-17-28-15-4-3-5-16-28/h19,21-24H,3-18H2,1-2H3/p+1/t19-,21-,22-,23-,24-,26-,27-/m0/s1. The number of ketones is 1. The molecule has 0 spiro atoms. The summed E-state index contributed by atoms with van der Waals surface area (Å²) < 4.78 is 6.20. The molecule has 174 valence electrons. The van der Waals surface area contributed by atoms with Gasteiger partial charge in [0.1, 0.15) is 11.9 Å². The zero-order valence-electron chi connectivity index (χ0n) is 19.9. The summed E-state index contributed by atoms with van der Waals surface area (Å²) in [5.74, 6) is 3.41. The number of hydrogen-bond acceptors (Lipinski definition) is 3. The van der Waals surface area contributed by atoms with Crippen molar-refractivity contribution < 1.29 is 19.2 Å². The van der Waals surface area contributed by atoms with Crippen molar-refractivity contribution in [2.24, 2.45) is 34.5 Å². The van der Waals surface area contributed by atoms with Crippen LogP contribution in [0, 0.1) is 34.5 Å². The van der Waals surface area contributed by atoms with Gasteiger partial charge in [0.15, 0.2) is 0 Å². The fraction of sp³-hybridized carbons (Fsp3) is 0.926. The molecule has 1 heterocycles. The molecule has 7 atom stereocenters. The normalized spacial score (nSPS) is 45.5. The van der Waals surface area contributed by atoms with Gasteiger partial charge in [0, 0.05) is 18.3 Å². The van der Waals surface area contributed by atoms with E-state index in [1.165, 1.54) is 64.5 Å². The lowest BCUT2D eigenvalue weighted by Gasteiger charge is -2.60.